The molecule has 2 heterocycles. The van der Waals surface area contributed by atoms with Gasteiger partial charge in [0.05, 0.1) is 17.7 Å². The molecule has 0 radical (unpaired) electrons. The van der Waals surface area contributed by atoms with Gasteiger partial charge in [0.25, 0.3) is 0 Å². The zero-order chi connectivity index (χ0) is 21.8. The molecular formula is C23H26N4O3S. The van der Waals surface area contributed by atoms with E-state index in [0.717, 1.165) is 34.8 Å². The average Bonchev–Trinajstić information content (AvgIpc) is 2.84. The van der Waals surface area contributed by atoms with Crippen molar-refractivity contribution in [3.05, 3.63) is 66.2 Å². The fourth-order valence-corrected chi connectivity index (χ4v) is 5.04. The number of hydrogen-bond donors (Lipinski definition) is 0. The molecule has 3 aromatic rings. The minimum Gasteiger partial charge on any atom is -0.497 e. The van der Waals surface area contributed by atoms with E-state index in [4.69, 9.17) is 4.74 Å². The van der Waals surface area contributed by atoms with Crippen molar-refractivity contribution in [2.75, 3.05) is 38.2 Å². The van der Waals surface area contributed by atoms with E-state index in [1.54, 1.807) is 23.5 Å². The summed E-state index contributed by atoms with van der Waals surface area (Å²) in [7, 11) is -1.85. The van der Waals surface area contributed by atoms with E-state index in [1.165, 1.54) is 0 Å². The van der Waals surface area contributed by atoms with E-state index in [-0.39, 0.29) is 0 Å². The first-order valence-corrected chi connectivity index (χ1v) is 11.8. The fraction of sp³-hybridized carbons (Fsp3) is 0.304. The molecule has 0 aliphatic carbocycles. The molecule has 1 fully saturated rings. The Hall–Kier alpha value is -2.97. The second-order valence-corrected chi connectivity index (χ2v) is 9.33. The number of benzene rings is 2. The van der Waals surface area contributed by atoms with Crippen LogP contribution in [0.2, 0.25) is 0 Å². The molecule has 0 N–H and O–H groups in total. The van der Waals surface area contributed by atoms with Crippen LogP contribution in [0.15, 0.2) is 65.6 Å². The van der Waals surface area contributed by atoms with Crippen molar-refractivity contribution in [2.45, 2.75) is 18.2 Å². The molecule has 31 heavy (non-hydrogen) atoms. The molecule has 4 rings (SSSR count). The number of hydrogen-bond acceptors (Lipinski definition) is 6. The van der Waals surface area contributed by atoms with Crippen LogP contribution in [0.5, 0.6) is 5.75 Å². The monoisotopic (exact) mass is 438 g/mol. The van der Waals surface area contributed by atoms with Crippen LogP contribution >= 0.6 is 0 Å². The van der Waals surface area contributed by atoms with Gasteiger partial charge in [0.2, 0.25) is 10.0 Å². The summed E-state index contributed by atoms with van der Waals surface area (Å²) in [5.74, 6) is 1.55. The van der Waals surface area contributed by atoms with E-state index in [9.17, 15) is 8.42 Å². The Morgan fingerprint density at radius 3 is 2.10 bits per heavy atom. The molecule has 0 bridgehead atoms. The number of aryl methyl sites for hydroxylation is 1. The van der Waals surface area contributed by atoms with E-state index in [2.05, 4.69) is 22.0 Å². The molecule has 0 spiro atoms. The first kappa shape index (κ1) is 21.3. The maximum absolute atomic E-state index is 12.9. The van der Waals surface area contributed by atoms with Gasteiger partial charge >= 0.3 is 0 Å². The molecule has 8 heteroatoms. The van der Waals surface area contributed by atoms with Crippen molar-refractivity contribution >= 4 is 15.8 Å². The lowest BCUT2D eigenvalue weighted by Gasteiger charge is -2.34. The number of ether oxygens (including phenoxy) is 1. The average molecular weight is 439 g/mol. The number of anilines is 1. The van der Waals surface area contributed by atoms with Crippen molar-refractivity contribution in [2.24, 2.45) is 0 Å². The molecule has 162 valence electrons. The molecule has 0 unspecified atom stereocenters. The molecule has 0 saturated carbocycles. The standard InChI is InChI=1S/C23H26N4O3S/c1-3-18-4-10-21(11-5-18)31(28,29)27-16-14-26(15-17-27)23-13-12-22(24-25-23)19-6-8-20(30-2)9-7-19/h4-13H,3,14-17H2,1-2H3. The lowest BCUT2D eigenvalue weighted by atomic mass is 10.1. The van der Waals surface area contributed by atoms with Crippen LogP contribution in [0.4, 0.5) is 5.82 Å². The summed E-state index contributed by atoms with van der Waals surface area (Å²) in [6.45, 7) is 4.03. The number of aromatic nitrogens is 2. The van der Waals surface area contributed by atoms with Gasteiger partial charge in [-0.15, -0.1) is 10.2 Å². The summed E-state index contributed by atoms with van der Waals surface area (Å²) in [5, 5.41) is 8.71. The van der Waals surface area contributed by atoms with Gasteiger partial charge < -0.3 is 9.64 Å². The van der Waals surface area contributed by atoms with E-state index < -0.39 is 10.0 Å². The third kappa shape index (κ3) is 4.55. The Morgan fingerprint density at radius 2 is 1.55 bits per heavy atom. The van der Waals surface area contributed by atoms with Gasteiger partial charge in [0, 0.05) is 31.7 Å². The summed E-state index contributed by atoms with van der Waals surface area (Å²) in [6.07, 6.45) is 0.886. The summed E-state index contributed by atoms with van der Waals surface area (Å²) in [5.41, 5.74) is 2.87. The summed E-state index contributed by atoms with van der Waals surface area (Å²) >= 11 is 0. The lowest BCUT2D eigenvalue weighted by molar-refractivity contribution is 0.383. The zero-order valence-electron chi connectivity index (χ0n) is 17.7. The smallest absolute Gasteiger partial charge is 0.243 e. The van der Waals surface area contributed by atoms with Gasteiger partial charge in [-0.1, -0.05) is 19.1 Å². The maximum Gasteiger partial charge on any atom is 0.243 e. The van der Waals surface area contributed by atoms with Gasteiger partial charge in [0.15, 0.2) is 5.82 Å². The van der Waals surface area contributed by atoms with Gasteiger partial charge in [-0.3, -0.25) is 0 Å². The van der Waals surface area contributed by atoms with Crippen molar-refractivity contribution in [3.63, 3.8) is 0 Å². The molecular weight excluding hydrogens is 412 g/mol. The molecule has 0 amide bonds. The molecule has 1 saturated heterocycles. The minimum atomic E-state index is -3.48. The molecule has 2 aromatic carbocycles. The topological polar surface area (TPSA) is 75.6 Å². The van der Waals surface area contributed by atoms with Gasteiger partial charge in [0.1, 0.15) is 5.75 Å². The van der Waals surface area contributed by atoms with Gasteiger partial charge in [-0.25, -0.2) is 8.42 Å². The number of methoxy groups -OCH3 is 1. The van der Waals surface area contributed by atoms with Crippen LogP contribution in [0.3, 0.4) is 0 Å². The predicted molar refractivity (Wildman–Crippen MR) is 121 cm³/mol. The first-order chi connectivity index (χ1) is 15.0. The third-order valence-electron chi connectivity index (χ3n) is 5.57. The number of sulfonamides is 1. The zero-order valence-corrected chi connectivity index (χ0v) is 18.5. The first-order valence-electron chi connectivity index (χ1n) is 10.3. The summed E-state index contributed by atoms with van der Waals surface area (Å²) < 4.78 is 32.6. The molecule has 1 aliphatic heterocycles. The Morgan fingerprint density at radius 1 is 0.871 bits per heavy atom. The highest BCUT2D eigenvalue weighted by Gasteiger charge is 2.29. The second-order valence-electron chi connectivity index (χ2n) is 7.39. The van der Waals surface area contributed by atoms with E-state index in [0.29, 0.717) is 31.1 Å². The SMILES string of the molecule is CCc1ccc(S(=O)(=O)N2CCN(c3ccc(-c4ccc(OC)cc4)nn3)CC2)cc1. The molecule has 1 aromatic heterocycles. The molecule has 0 atom stereocenters. The molecule has 7 nitrogen and oxygen atoms in total. The van der Waals surface area contributed by atoms with Crippen molar-refractivity contribution in [1.29, 1.82) is 0 Å². The van der Waals surface area contributed by atoms with Crippen LogP contribution < -0.4 is 9.64 Å². The molecule has 1 aliphatic rings. The van der Waals surface area contributed by atoms with Crippen molar-refractivity contribution < 1.29 is 13.2 Å². The van der Waals surface area contributed by atoms with E-state index in [1.807, 2.05) is 48.5 Å². The highest BCUT2D eigenvalue weighted by atomic mass is 32.2. The Balaban J connectivity index is 1.41. The Labute approximate surface area is 183 Å². The summed E-state index contributed by atoms with van der Waals surface area (Å²) in [4.78, 5) is 2.42. The van der Waals surface area contributed by atoms with Gasteiger partial charge in [-0.2, -0.15) is 4.31 Å². The van der Waals surface area contributed by atoms with Crippen LogP contribution in [-0.2, 0) is 16.4 Å². The fourth-order valence-electron chi connectivity index (χ4n) is 3.61. The lowest BCUT2D eigenvalue weighted by Crippen LogP contribution is -2.49. The quantitative estimate of drug-likeness (QED) is 0.588. The van der Waals surface area contributed by atoms with E-state index >= 15 is 0 Å². The summed E-state index contributed by atoms with van der Waals surface area (Å²) in [6, 6.07) is 18.7. The normalized spacial score (nSPS) is 15.1. The number of nitrogens with zero attached hydrogens (tertiary/aromatic N) is 4. The van der Waals surface area contributed by atoms with Crippen LogP contribution in [0.25, 0.3) is 11.3 Å². The van der Waals surface area contributed by atoms with Crippen molar-refractivity contribution in [3.8, 4) is 17.0 Å². The van der Waals surface area contributed by atoms with Crippen LogP contribution in [0.1, 0.15) is 12.5 Å². The Kier molecular flexibility index (Phi) is 6.20. The minimum absolute atomic E-state index is 0.349. The van der Waals surface area contributed by atoms with Crippen LogP contribution in [0, 0.1) is 0 Å². The number of piperazine rings is 1. The maximum atomic E-state index is 12.9. The Bertz CT molecular complexity index is 1110. The van der Waals surface area contributed by atoms with Crippen LogP contribution in [-0.4, -0.2) is 56.2 Å². The highest BCUT2D eigenvalue weighted by Crippen LogP contribution is 2.23. The second kappa shape index (κ2) is 9.03. The largest absolute Gasteiger partial charge is 0.497 e. The number of rotatable bonds is 6. The third-order valence-corrected chi connectivity index (χ3v) is 7.48. The van der Waals surface area contributed by atoms with Crippen molar-refractivity contribution in [1.82, 2.24) is 14.5 Å². The van der Waals surface area contributed by atoms with Gasteiger partial charge in [-0.05, 0) is 60.5 Å². The highest BCUT2D eigenvalue weighted by molar-refractivity contribution is 7.89. The predicted octanol–water partition coefficient (Wildman–Crippen LogP) is 3.23.